The molecule has 0 fully saturated rings. The zero-order chi connectivity index (χ0) is 20.3. The lowest BCUT2D eigenvalue weighted by atomic mass is 9.97. The second-order valence-corrected chi connectivity index (χ2v) is 7.19. The monoisotopic (exact) mass is 412 g/mol. The maximum absolute atomic E-state index is 13.5. The molecule has 2 heterocycles. The Morgan fingerprint density at radius 2 is 1.78 bits per heavy atom. The second-order valence-electron chi connectivity index (χ2n) is 6.48. The summed E-state index contributed by atoms with van der Waals surface area (Å²) in [4.78, 5) is 32.4. The molecule has 0 atom stereocenters. The van der Waals surface area contributed by atoms with Gasteiger partial charge in [0.15, 0.2) is 11.0 Å². The molecule has 2 rings (SSSR count). The highest BCUT2D eigenvalue weighted by molar-refractivity contribution is 6.35. The van der Waals surface area contributed by atoms with Crippen LogP contribution in [0.15, 0.2) is 18.3 Å². The standard InChI is InChI=1S/C18H19Cl2FN4O2/c1-8(2)10-5-6-22-13(9(3)4)14(10)23-18(27)25-17(26)11-7-12(21)16(20)24-15(11)19/h5-9H,1-4H3,(H2,23,25,26,27). The fourth-order valence-corrected chi connectivity index (χ4v) is 2.88. The first-order valence-electron chi connectivity index (χ1n) is 8.24. The van der Waals surface area contributed by atoms with E-state index in [4.69, 9.17) is 23.2 Å². The fourth-order valence-electron chi connectivity index (χ4n) is 2.47. The van der Waals surface area contributed by atoms with E-state index >= 15 is 0 Å². The minimum Gasteiger partial charge on any atom is -0.306 e. The molecular formula is C18H19Cl2FN4O2. The number of hydrogen-bond acceptors (Lipinski definition) is 4. The van der Waals surface area contributed by atoms with Crippen LogP contribution in [-0.2, 0) is 0 Å². The number of rotatable bonds is 4. The van der Waals surface area contributed by atoms with Crippen molar-refractivity contribution in [2.45, 2.75) is 39.5 Å². The zero-order valence-corrected chi connectivity index (χ0v) is 16.7. The van der Waals surface area contributed by atoms with Crippen LogP contribution in [0.1, 0.15) is 61.1 Å². The Morgan fingerprint density at radius 1 is 1.11 bits per heavy atom. The van der Waals surface area contributed by atoms with Crippen LogP contribution in [0.5, 0.6) is 0 Å². The van der Waals surface area contributed by atoms with Crippen LogP contribution in [0.2, 0.25) is 10.3 Å². The number of halogens is 3. The lowest BCUT2D eigenvalue weighted by molar-refractivity contribution is 0.0966. The van der Waals surface area contributed by atoms with Crippen LogP contribution >= 0.6 is 23.2 Å². The summed E-state index contributed by atoms with van der Waals surface area (Å²) >= 11 is 11.3. The molecule has 0 aromatic carbocycles. The second kappa shape index (κ2) is 8.63. The van der Waals surface area contributed by atoms with Crippen molar-refractivity contribution >= 4 is 40.8 Å². The molecule has 0 unspecified atom stereocenters. The van der Waals surface area contributed by atoms with Crippen molar-refractivity contribution in [3.8, 4) is 0 Å². The maximum Gasteiger partial charge on any atom is 0.326 e. The van der Waals surface area contributed by atoms with E-state index < -0.39 is 22.9 Å². The average molecular weight is 413 g/mol. The number of amides is 3. The number of imide groups is 1. The van der Waals surface area contributed by atoms with E-state index in [0.29, 0.717) is 11.4 Å². The lowest BCUT2D eigenvalue weighted by Crippen LogP contribution is -2.35. The lowest BCUT2D eigenvalue weighted by Gasteiger charge is -2.19. The van der Waals surface area contributed by atoms with Gasteiger partial charge in [-0.05, 0) is 29.5 Å². The van der Waals surface area contributed by atoms with Gasteiger partial charge < -0.3 is 5.32 Å². The quantitative estimate of drug-likeness (QED) is 0.681. The normalized spacial score (nSPS) is 11.0. The highest BCUT2D eigenvalue weighted by Crippen LogP contribution is 2.30. The third-order valence-corrected chi connectivity index (χ3v) is 4.33. The molecule has 0 radical (unpaired) electrons. The van der Waals surface area contributed by atoms with Crippen molar-refractivity contribution in [1.82, 2.24) is 15.3 Å². The largest absolute Gasteiger partial charge is 0.326 e. The molecule has 0 spiro atoms. The first kappa shape index (κ1) is 21.1. The summed E-state index contributed by atoms with van der Waals surface area (Å²) in [6, 6.07) is 1.84. The Labute approximate surface area is 166 Å². The molecule has 0 aliphatic carbocycles. The Kier molecular flexibility index (Phi) is 6.73. The van der Waals surface area contributed by atoms with Crippen LogP contribution < -0.4 is 10.6 Å². The Hall–Kier alpha value is -2.25. The molecule has 6 nitrogen and oxygen atoms in total. The van der Waals surface area contributed by atoms with Gasteiger partial charge in [0.2, 0.25) is 0 Å². The highest BCUT2D eigenvalue weighted by Gasteiger charge is 2.21. The topological polar surface area (TPSA) is 84.0 Å². The molecular weight excluding hydrogens is 394 g/mol. The van der Waals surface area contributed by atoms with Gasteiger partial charge >= 0.3 is 6.03 Å². The summed E-state index contributed by atoms with van der Waals surface area (Å²) in [5, 5.41) is 4.02. The van der Waals surface area contributed by atoms with Gasteiger partial charge in [-0.2, -0.15) is 0 Å². The molecule has 0 aliphatic rings. The van der Waals surface area contributed by atoms with Gasteiger partial charge in [0.25, 0.3) is 5.91 Å². The summed E-state index contributed by atoms with van der Waals surface area (Å²) < 4.78 is 13.5. The van der Waals surface area contributed by atoms with Crippen LogP contribution in [0, 0.1) is 5.82 Å². The van der Waals surface area contributed by atoms with Crippen LogP contribution in [0.3, 0.4) is 0 Å². The van der Waals surface area contributed by atoms with Crippen molar-refractivity contribution in [2.24, 2.45) is 0 Å². The SMILES string of the molecule is CC(C)c1ccnc(C(C)C)c1NC(=O)NC(=O)c1cc(F)c(Cl)nc1Cl. The number of urea groups is 1. The van der Waals surface area contributed by atoms with E-state index in [-0.39, 0.29) is 22.6 Å². The Bertz CT molecular complexity index is 862. The minimum atomic E-state index is -0.914. The van der Waals surface area contributed by atoms with Crippen molar-refractivity contribution < 1.29 is 14.0 Å². The van der Waals surface area contributed by atoms with E-state index in [9.17, 15) is 14.0 Å². The number of nitrogens with one attached hydrogen (secondary N) is 2. The van der Waals surface area contributed by atoms with Crippen LogP contribution in [0.25, 0.3) is 0 Å². The van der Waals surface area contributed by atoms with E-state index in [1.54, 1.807) is 6.20 Å². The summed E-state index contributed by atoms with van der Waals surface area (Å²) in [5.74, 6) is -1.64. The molecule has 0 saturated carbocycles. The summed E-state index contributed by atoms with van der Waals surface area (Å²) in [6.07, 6.45) is 1.68. The molecule has 2 aromatic heterocycles. The summed E-state index contributed by atoms with van der Waals surface area (Å²) in [6.45, 7) is 7.86. The Balaban J connectivity index is 2.26. The smallest absolute Gasteiger partial charge is 0.306 e. The van der Waals surface area contributed by atoms with Gasteiger partial charge in [-0.3, -0.25) is 15.1 Å². The maximum atomic E-state index is 13.5. The average Bonchev–Trinajstić information content (AvgIpc) is 2.57. The number of aromatic nitrogens is 2. The molecule has 3 amide bonds. The number of carbonyl (C=O) groups excluding carboxylic acids is 2. The predicted molar refractivity (Wildman–Crippen MR) is 103 cm³/mol. The first-order valence-corrected chi connectivity index (χ1v) is 9.00. The van der Waals surface area contributed by atoms with Crippen molar-refractivity contribution in [2.75, 3.05) is 5.32 Å². The van der Waals surface area contributed by atoms with Gasteiger partial charge in [-0.1, -0.05) is 50.9 Å². The van der Waals surface area contributed by atoms with Gasteiger partial charge in [0.1, 0.15) is 5.15 Å². The Morgan fingerprint density at radius 3 is 2.37 bits per heavy atom. The first-order chi connectivity index (χ1) is 12.6. The van der Waals surface area contributed by atoms with Gasteiger partial charge in [-0.15, -0.1) is 0 Å². The number of pyridine rings is 2. The van der Waals surface area contributed by atoms with Crippen LogP contribution in [-0.4, -0.2) is 21.9 Å². The van der Waals surface area contributed by atoms with E-state index in [1.165, 1.54) is 0 Å². The number of carbonyl (C=O) groups is 2. The number of hydrogen-bond donors (Lipinski definition) is 2. The zero-order valence-electron chi connectivity index (χ0n) is 15.2. The van der Waals surface area contributed by atoms with E-state index in [1.807, 2.05) is 33.8 Å². The molecule has 0 saturated heterocycles. The number of nitrogens with zero attached hydrogens (tertiary/aromatic N) is 2. The van der Waals surface area contributed by atoms with E-state index in [0.717, 1.165) is 11.6 Å². The third kappa shape index (κ3) is 4.93. The molecule has 9 heteroatoms. The molecule has 0 aliphatic heterocycles. The van der Waals surface area contributed by atoms with E-state index in [2.05, 4.69) is 20.6 Å². The number of anilines is 1. The molecule has 2 aromatic rings. The third-order valence-electron chi connectivity index (χ3n) is 3.78. The highest BCUT2D eigenvalue weighted by atomic mass is 35.5. The van der Waals surface area contributed by atoms with Crippen molar-refractivity contribution in [3.05, 3.63) is 51.3 Å². The minimum absolute atomic E-state index is 0.0544. The summed E-state index contributed by atoms with van der Waals surface area (Å²) in [7, 11) is 0. The predicted octanol–water partition coefficient (Wildman–Crippen LogP) is 5.13. The van der Waals surface area contributed by atoms with Gasteiger partial charge in [-0.25, -0.2) is 14.2 Å². The van der Waals surface area contributed by atoms with Gasteiger partial charge in [0.05, 0.1) is 16.9 Å². The van der Waals surface area contributed by atoms with Crippen molar-refractivity contribution in [1.29, 1.82) is 0 Å². The molecule has 2 N–H and O–H groups in total. The molecule has 144 valence electrons. The fraction of sp³-hybridized carbons (Fsp3) is 0.333. The molecule has 0 bridgehead atoms. The van der Waals surface area contributed by atoms with Gasteiger partial charge in [0, 0.05) is 6.20 Å². The molecule has 27 heavy (non-hydrogen) atoms. The van der Waals surface area contributed by atoms with Crippen LogP contribution in [0.4, 0.5) is 14.9 Å². The summed E-state index contributed by atoms with van der Waals surface area (Å²) in [5.41, 5.74) is 1.82. The van der Waals surface area contributed by atoms with Crippen molar-refractivity contribution in [3.63, 3.8) is 0 Å².